The third kappa shape index (κ3) is 7.19. The maximum absolute atomic E-state index is 13.7. The average Bonchev–Trinajstić information content (AvgIpc) is 2.72. The topological polar surface area (TPSA) is 99.9 Å². The predicted molar refractivity (Wildman–Crippen MR) is 126 cm³/mol. The van der Waals surface area contributed by atoms with Crippen LogP contribution < -0.4 is 0 Å². The lowest BCUT2D eigenvalue weighted by atomic mass is 9.87. The smallest absolute Gasteiger partial charge is 0.305 e. The van der Waals surface area contributed by atoms with Gasteiger partial charge in [0.2, 0.25) is 0 Å². The van der Waals surface area contributed by atoms with E-state index in [-0.39, 0.29) is 24.1 Å². The van der Waals surface area contributed by atoms with Crippen molar-refractivity contribution in [1.82, 2.24) is 4.98 Å². The fraction of sp³-hybridized carbons (Fsp3) is 0.462. The zero-order valence-corrected chi connectivity index (χ0v) is 19.9. The molecule has 1 aromatic carbocycles. The van der Waals surface area contributed by atoms with E-state index in [1.165, 1.54) is 18.2 Å². The summed E-state index contributed by atoms with van der Waals surface area (Å²) in [5.41, 5.74) is 5.05. The maximum Gasteiger partial charge on any atom is 0.305 e. The minimum atomic E-state index is -1.16. The van der Waals surface area contributed by atoms with Gasteiger partial charge in [-0.25, -0.2) is 4.39 Å². The Morgan fingerprint density at radius 2 is 1.70 bits per heavy atom. The SMILES string of the molecule is COCc1c(C(C)C)nc(C(C)C)c(/C=C\[C@H](O)C[C@H](O)CC(=O)O)c1-c1ccc(F)cc1. The van der Waals surface area contributed by atoms with Crippen LogP contribution in [-0.4, -0.2) is 45.6 Å². The van der Waals surface area contributed by atoms with E-state index in [4.69, 9.17) is 14.8 Å². The molecule has 0 amide bonds. The Balaban J connectivity index is 2.69. The van der Waals surface area contributed by atoms with E-state index >= 15 is 0 Å². The van der Waals surface area contributed by atoms with Crippen molar-refractivity contribution in [2.24, 2.45) is 0 Å². The number of carboxylic acid groups (broad SMARTS) is 1. The zero-order valence-electron chi connectivity index (χ0n) is 19.9. The Morgan fingerprint density at radius 3 is 2.21 bits per heavy atom. The predicted octanol–water partition coefficient (Wildman–Crippen LogP) is 4.88. The highest BCUT2D eigenvalue weighted by molar-refractivity contribution is 5.80. The molecule has 2 aromatic rings. The number of aliphatic hydroxyl groups is 2. The molecule has 0 aliphatic heterocycles. The van der Waals surface area contributed by atoms with Crippen molar-refractivity contribution in [3.63, 3.8) is 0 Å². The van der Waals surface area contributed by atoms with Gasteiger partial charge in [0, 0.05) is 30.4 Å². The van der Waals surface area contributed by atoms with Crippen molar-refractivity contribution in [2.45, 2.75) is 71.2 Å². The summed E-state index contributed by atoms with van der Waals surface area (Å²) in [5, 5.41) is 29.1. The number of hydrogen-bond donors (Lipinski definition) is 3. The van der Waals surface area contributed by atoms with E-state index in [0.717, 1.165) is 33.6 Å². The van der Waals surface area contributed by atoms with Gasteiger partial charge in [0.1, 0.15) is 5.82 Å². The first-order valence-electron chi connectivity index (χ1n) is 11.1. The normalized spacial score (nSPS) is 13.8. The van der Waals surface area contributed by atoms with Crippen LogP contribution in [0.3, 0.4) is 0 Å². The van der Waals surface area contributed by atoms with Crippen LogP contribution in [0.4, 0.5) is 4.39 Å². The van der Waals surface area contributed by atoms with E-state index in [1.54, 1.807) is 25.3 Å². The van der Waals surface area contributed by atoms with Gasteiger partial charge in [-0.15, -0.1) is 0 Å². The third-order valence-electron chi connectivity index (χ3n) is 5.32. The van der Waals surface area contributed by atoms with Crippen LogP contribution in [0.1, 0.15) is 74.9 Å². The van der Waals surface area contributed by atoms with Gasteiger partial charge in [-0.2, -0.15) is 0 Å². The van der Waals surface area contributed by atoms with Crippen LogP contribution in [0.2, 0.25) is 0 Å². The monoisotopic (exact) mass is 459 g/mol. The lowest BCUT2D eigenvalue weighted by Crippen LogP contribution is -2.19. The van der Waals surface area contributed by atoms with Crippen molar-refractivity contribution < 1.29 is 29.2 Å². The summed E-state index contributed by atoms with van der Waals surface area (Å²) in [6.45, 7) is 8.49. The van der Waals surface area contributed by atoms with Crippen molar-refractivity contribution in [2.75, 3.05) is 7.11 Å². The molecule has 0 radical (unpaired) electrons. The minimum absolute atomic E-state index is 0.0627. The molecule has 3 N–H and O–H groups in total. The standard InChI is InChI=1S/C26H34FNO5/c1-15(2)25-21(11-10-19(29)12-20(30)13-23(31)32)24(17-6-8-18(27)9-7-17)22(14-33-5)26(28-25)16(3)4/h6-11,15-16,19-20,29-30H,12-14H2,1-5H3,(H,31,32)/b11-10-/t19-,20-/m0/s1. The largest absolute Gasteiger partial charge is 0.481 e. The average molecular weight is 460 g/mol. The number of nitrogens with zero attached hydrogens (tertiary/aromatic N) is 1. The van der Waals surface area contributed by atoms with E-state index in [9.17, 15) is 19.4 Å². The number of halogens is 1. The van der Waals surface area contributed by atoms with E-state index < -0.39 is 24.6 Å². The summed E-state index contributed by atoms with van der Waals surface area (Å²) in [7, 11) is 1.61. The van der Waals surface area contributed by atoms with Crippen LogP contribution in [-0.2, 0) is 16.1 Å². The van der Waals surface area contributed by atoms with E-state index in [1.807, 2.05) is 13.8 Å². The molecule has 2 rings (SSSR count). The highest BCUT2D eigenvalue weighted by Gasteiger charge is 2.23. The van der Waals surface area contributed by atoms with Crippen molar-refractivity contribution >= 4 is 12.0 Å². The summed E-state index contributed by atoms with van der Waals surface area (Å²) < 4.78 is 19.2. The summed E-state index contributed by atoms with van der Waals surface area (Å²) >= 11 is 0. The molecule has 7 heteroatoms. The fourth-order valence-corrected chi connectivity index (χ4v) is 3.85. The van der Waals surface area contributed by atoms with Gasteiger partial charge in [0.05, 0.1) is 30.9 Å². The number of ether oxygens (including phenoxy) is 1. The first-order valence-corrected chi connectivity index (χ1v) is 11.1. The van der Waals surface area contributed by atoms with Crippen LogP contribution in [0.5, 0.6) is 0 Å². The summed E-state index contributed by atoms with van der Waals surface area (Å²) in [5.74, 6) is -1.28. The van der Waals surface area contributed by atoms with Crippen LogP contribution in [0, 0.1) is 5.82 Å². The minimum Gasteiger partial charge on any atom is -0.481 e. The second-order valence-electron chi connectivity index (χ2n) is 8.81. The molecular weight excluding hydrogens is 425 g/mol. The number of benzene rings is 1. The Hall–Kier alpha value is -2.61. The number of methoxy groups -OCH3 is 1. The van der Waals surface area contributed by atoms with Gasteiger partial charge >= 0.3 is 5.97 Å². The molecule has 0 saturated carbocycles. The molecular formula is C26H34FNO5. The fourth-order valence-electron chi connectivity index (χ4n) is 3.85. The Labute approximate surface area is 194 Å². The molecule has 0 spiro atoms. The molecule has 0 bridgehead atoms. The Morgan fingerprint density at radius 1 is 1.09 bits per heavy atom. The van der Waals surface area contributed by atoms with Crippen LogP contribution in [0.25, 0.3) is 17.2 Å². The second-order valence-corrected chi connectivity index (χ2v) is 8.81. The molecule has 6 nitrogen and oxygen atoms in total. The number of aromatic nitrogens is 1. The van der Waals surface area contributed by atoms with Crippen LogP contribution in [0.15, 0.2) is 30.3 Å². The summed E-state index contributed by atoms with van der Waals surface area (Å²) in [6.07, 6.45) is 0.541. The van der Waals surface area contributed by atoms with Gasteiger partial charge in [-0.3, -0.25) is 9.78 Å². The van der Waals surface area contributed by atoms with Gasteiger partial charge in [0.25, 0.3) is 0 Å². The van der Waals surface area contributed by atoms with Gasteiger partial charge in [-0.05, 0) is 35.1 Å². The van der Waals surface area contributed by atoms with E-state index in [0.29, 0.717) is 6.61 Å². The number of carboxylic acids is 1. The maximum atomic E-state index is 13.7. The number of aliphatic hydroxyl groups excluding tert-OH is 2. The lowest BCUT2D eigenvalue weighted by Gasteiger charge is -2.23. The molecule has 2 atom stereocenters. The summed E-state index contributed by atoms with van der Waals surface area (Å²) in [6, 6.07) is 6.23. The molecule has 0 aliphatic rings. The van der Waals surface area contributed by atoms with Gasteiger partial charge in [-0.1, -0.05) is 52.0 Å². The third-order valence-corrected chi connectivity index (χ3v) is 5.32. The number of pyridine rings is 1. The Bertz CT molecular complexity index is 970. The number of hydrogen-bond acceptors (Lipinski definition) is 5. The summed E-state index contributed by atoms with van der Waals surface area (Å²) in [4.78, 5) is 15.8. The van der Waals surface area contributed by atoms with Crippen molar-refractivity contribution in [3.8, 4) is 11.1 Å². The second kappa shape index (κ2) is 12.0. The Kier molecular flexibility index (Phi) is 9.70. The van der Waals surface area contributed by atoms with Crippen LogP contribution >= 0.6 is 0 Å². The first kappa shape index (κ1) is 26.6. The molecule has 0 saturated heterocycles. The van der Waals surface area contributed by atoms with Crippen molar-refractivity contribution in [3.05, 3.63) is 58.7 Å². The number of rotatable bonds is 11. The molecule has 180 valence electrons. The highest BCUT2D eigenvalue weighted by atomic mass is 19.1. The molecule has 0 unspecified atom stereocenters. The van der Waals surface area contributed by atoms with Gasteiger partial charge in [0.15, 0.2) is 0 Å². The molecule has 0 fully saturated rings. The highest BCUT2D eigenvalue weighted by Crippen LogP contribution is 2.37. The van der Waals surface area contributed by atoms with Crippen molar-refractivity contribution in [1.29, 1.82) is 0 Å². The quantitative estimate of drug-likeness (QED) is 0.443. The number of carbonyl (C=O) groups is 1. The lowest BCUT2D eigenvalue weighted by molar-refractivity contribution is -0.139. The molecule has 1 aromatic heterocycles. The first-order chi connectivity index (χ1) is 15.5. The van der Waals surface area contributed by atoms with E-state index in [2.05, 4.69) is 13.8 Å². The number of aliphatic carboxylic acids is 1. The van der Waals surface area contributed by atoms with Gasteiger partial charge < -0.3 is 20.1 Å². The molecule has 0 aliphatic carbocycles. The molecule has 33 heavy (non-hydrogen) atoms. The molecule has 1 heterocycles. The zero-order chi connectivity index (χ0) is 24.7.